The van der Waals surface area contributed by atoms with Crippen molar-refractivity contribution in [1.82, 2.24) is 4.90 Å². The highest BCUT2D eigenvalue weighted by Gasteiger charge is 2.45. The van der Waals surface area contributed by atoms with Gasteiger partial charge in [0.15, 0.2) is 0 Å². The maximum Gasteiger partial charge on any atom is 0.267 e. The van der Waals surface area contributed by atoms with E-state index in [-0.39, 0.29) is 17.3 Å². The number of nitrogens with two attached hydrogens (primary N) is 1. The number of nitriles is 2. The first-order valence-corrected chi connectivity index (χ1v) is 9.40. The average Bonchev–Trinajstić information content (AvgIpc) is 3.05. The molecule has 2 heterocycles. The van der Waals surface area contributed by atoms with Crippen LogP contribution in [0.2, 0.25) is 0 Å². The van der Waals surface area contributed by atoms with Crippen molar-refractivity contribution in [3.63, 3.8) is 0 Å². The summed E-state index contributed by atoms with van der Waals surface area (Å²) in [7, 11) is 0. The molecule has 0 aliphatic carbocycles. The maximum atomic E-state index is 13.0. The molecule has 0 radical (unpaired) electrons. The van der Waals surface area contributed by atoms with Crippen LogP contribution in [-0.2, 0) is 4.79 Å². The summed E-state index contributed by atoms with van der Waals surface area (Å²) in [6.45, 7) is 0. The summed E-state index contributed by atoms with van der Waals surface area (Å²) >= 11 is 1.28. The molecule has 6 heteroatoms. The predicted molar refractivity (Wildman–Crippen MR) is 108 cm³/mol. The Morgan fingerprint density at radius 1 is 1.00 bits per heavy atom. The quantitative estimate of drug-likeness (QED) is 0.801. The average molecular weight is 382 g/mol. The van der Waals surface area contributed by atoms with Gasteiger partial charge in [-0.25, -0.2) is 0 Å². The smallest absolute Gasteiger partial charge is 0.267 e. The number of fused-ring (bicyclic) bond motifs is 1. The van der Waals surface area contributed by atoms with Crippen LogP contribution in [0.5, 0.6) is 0 Å². The summed E-state index contributed by atoms with van der Waals surface area (Å²) in [5.74, 6) is -0.219. The number of allylic oxidation sites excluding steroid dienone is 2. The van der Waals surface area contributed by atoms with Gasteiger partial charge in [0, 0.05) is 5.57 Å². The minimum Gasteiger partial charge on any atom is -0.384 e. The Balaban J connectivity index is 1.88. The molecule has 2 N–H and O–H groups in total. The lowest BCUT2D eigenvalue weighted by atomic mass is 9.90. The minimum atomic E-state index is -0.584. The molecule has 2 aromatic rings. The Hall–Kier alpha value is -3.74. The molecule has 2 aliphatic heterocycles. The zero-order valence-electron chi connectivity index (χ0n) is 14.7. The normalized spacial score (nSPS) is 20.2. The SMILES string of the molecule is N#CC1=C(N)N2C(=O)/C(=C/c3ccccc3)SC2C(C#N)=C1c1ccccc1. The molecule has 1 amide bonds. The van der Waals surface area contributed by atoms with Gasteiger partial charge in [-0.1, -0.05) is 72.4 Å². The van der Waals surface area contributed by atoms with E-state index in [0.29, 0.717) is 16.1 Å². The number of hydrogen-bond donors (Lipinski definition) is 1. The van der Waals surface area contributed by atoms with Gasteiger partial charge in [-0.2, -0.15) is 10.5 Å². The highest BCUT2D eigenvalue weighted by Crippen LogP contribution is 2.47. The number of amides is 1. The molecular weight excluding hydrogens is 368 g/mol. The van der Waals surface area contributed by atoms with E-state index < -0.39 is 5.37 Å². The third-order valence-electron chi connectivity index (χ3n) is 4.58. The molecule has 28 heavy (non-hydrogen) atoms. The van der Waals surface area contributed by atoms with Crippen molar-refractivity contribution in [3.8, 4) is 12.1 Å². The molecule has 0 bridgehead atoms. The molecule has 1 atom stereocenters. The van der Waals surface area contributed by atoms with E-state index in [0.717, 1.165) is 11.1 Å². The Morgan fingerprint density at radius 3 is 2.25 bits per heavy atom. The molecule has 4 rings (SSSR count). The van der Waals surface area contributed by atoms with Crippen molar-refractivity contribution >= 4 is 29.3 Å². The Kier molecular flexibility index (Phi) is 4.49. The van der Waals surface area contributed by atoms with Gasteiger partial charge in [0.25, 0.3) is 5.91 Å². The second-order valence-electron chi connectivity index (χ2n) is 6.20. The first kappa shape index (κ1) is 17.7. The third-order valence-corrected chi connectivity index (χ3v) is 5.79. The van der Waals surface area contributed by atoms with Crippen LogP contribution in [0.1, 0.15) is 11.1 Å². The molecule has 2 aliphatic rings. The zero-order chi connectivity index (χ0) is 19.7. The molecular formula is C22H14N4OS. The first-order valence-electron chi connectivity index (χ1n) is 8.52. The summed E-state index contributed by atoms with van der Waals surface area (Å²) in [6.07, 6.45) is 1.78. The maximum absolute atomic E-state index is 13.0. The number of hydrogen-bond acceptors (Lipinski definition) is 5. The molecule has 134 valence electrons. The number of benzene rings is 2. The van der Waals surface area contributed by atoms with Crippen LogP contribution in [0.15, 0.2) is 82.5 Å². The van der Waals surface area contributed by atoms with Crippen LogP contribution in [0.25, 0.3) is 11.6 Å². The lowest BCUT2D eigenvalue weighted by molar-refractivity contribution is -0.124. The van der Waals surface area contributed by atoms with Crippen molar-refractivity contribution in [1.29, 1.82) is 10.5 Å². The fraction of sp³-hybridized carbons (Fsp3) is 0.0455. The van der Waals surface area contributed by atoms with Crippen molar-refractivity contribution < 1.29 is 4.79 Å². The zero-order valence-corrected chi connectivity index (χ0v) is 15.5. The molecule has 0 saturated carbocycles. The second-order valence-corrected chi connectivity index (χ2v) is 7.33. The van der Waals surface area contributed by atoms with Crippen molar-refractivity contribution in [3.05, 3.63) is 93.7 Å². The molecule has 1 unspecified atom stereocenters. The monoisotopic (exact) mass is 382 g/mol. The number of carbonyl (C=O) groups excluding carboxylic acids is 1. The van der Waals surface area contributed by atoms with E-state index in [1.807, 2.05) is 60.7 Å². The van der Waals surface area contributed by atoms with E-state index in [2.05, 4.69) is 12.1 Å². The largest absolute Gasteiger partial charge is 0.384 e. The highest BCUT2D eigenvalue weighted by atomic mass is 32.2. The minimum absolute atomic E-state index is 0.0827. The van der Waals surface area contributed by atoms with Gasteiger partial charge in [-0.3, -0.25) is 9.69 Å². The summed E-state index contributed by atoms with van der Waals surface area (Å²) in [5.41, 5.74) is 8.85. The number of carbonyl (C=O) groups is 1. The highest BCUT2D eigenvalue weighted by molar-refractivity contribution is 8.05. The lowest BCUT2D eigenvalue weighted by Crippen LogP contribution is -2.40. The molecule has 2 aromatic carbocycles. The van der Waals surface area contributed by atoms with Crippen LogP contribution in [0.3, 0.4) is 0 Å². The Morgan fingerprint density at radius 2 is 1.64 bits per heavy atom. The molecule has 0 aromatic heterocycles. The van der Waals surface area contributed by atoms with Crippen LogP contribution in [0.4, 0.5) is 0 Å². The van der Waals surface area contributed by atoms with Crippen LogP contribution >= 0.6 is 11.8 Å². The van der Waals surface area contributed by atoms with Gasteiger partial charge >= 0.3 is 0 Å². The van der Waals surface area contributed by atoms with Gasteiger partial charge in [0.2, 0.25) is 0 Å². The van der Waals surface area contributed by atoms with Crippen molar-refractivity contribution in [2.75, 3.05) is 0 Å². The summed E-state index contributed by atoms with van der Waals surface area (Å²) in [4.78, 5) is 14.8. The summed E-state index contributed by atoms with van der Waals surface area (Å²) in [6, 6.07) is 23.0. The van der Waals surface area contributed by atoms with Crippen LogP contribution in [-0.4, -0.2) is 16.2 Å². The van der Waals surface area contributed by atoms with E-state index in [4.69, 9.17) is 5.73 Å². The van der Waals surface area contributed by atoms with Gasteiger partial charge in [0.1, 0.15) is 22.8 Å². The summed E-state index contributed by atoms with van der Waals surface area (Å²) < 4.78 is 0. The van der Waals surface area contributed by atoms with E-state index in [9.17, 15) is 15.3 Å². The van der Waals surface area contributed by atoms with Crippen molar-refractivity contribution in [2.45, 2.75) is 5.37 Å². The van der Waals surface area contributed by atoms with Gasteiger partial charge in [0.05, 0.1) is 16.5 Å². The standard InChI is InChI=1S/C22H14N4OS/c23-12-16-19(15-9-5-2-6-10-15)17(13-24)22-26(20(16)25)21(27)18(28-22)11-14-7-3-1-4-8-14/h1-11,22H,25H2/b18-11-. The number of nitrogens with zero attached hydrogens (tertiary/aromatic N) is 3. The Labute approximate surface area is 166 Å². The van der Waals surface area contributed by atoms with E-state index >= 15 is 0 Å². The van der Waals surface area contributed by atoms with Crippen LogP contribution < -0.4 is 5.73 Å². The fourth-order valence-electron chi connectivity index (χ4n) is 3.30. The second kappa shape index (κ2) is 7.11. The molecule has 1 fully saturated rings. The lowest BCUT2D eigenvalue weighted by Gasteiger charge is -2.30. The Bertz CT molecular complexity index is 1130. The first-order chi connectivity index (χ1) is 13.7. The molecule has 1 saturated heterocycles. The molecule has 5 nitrogen and oxygen atoms in total. The third kappa shape index (κ3) is 2.77. The predicted octanol–water partition coefficient (Wildman–Crippen LogP) is 3.61. The van der Waals surface area contributed by atoms with Crippen molar-refractivity contribution in [2.24, 2.45) is 5.73 Å². The van der Waals surface area contributed by atoms with E-state index in [1.165, 1.54) is 16.7 Å². The number of rotatable bonds is 2. The van der Waals surface area contributed by atoms with E-state index in [1.54, 1.807) is 6.08 Å². The van der Waals surface area contributed by atoms with Gasteiger partial charge in [-0.15, -0.1) is 0 Å². The van der Waals surface area contributed by atoms with Gasteiger partial charge < -0.3 is 5.73 Å². The topological polar surface area (TPSA) is 93.9 Å². The van der Waals surface area contributed by atoms with Crippen LogP contribution in [0, 0.1) is 22.7 Å². The fourth-order valence-corrected chi connectivity index (χ4v) is 4.55. The summed E-state index contributed by atoms with van der Waals surface area (Å²) in [5, 5.41) is 19.0. The number of thioether (sulfide) groups is 1. The molecule has 0 spiro atoms. The van der Waals surface area contributed by atoms with Gasteiger partial charge in [-0.05, 0) is 17.2 Å².